The largest absolute Gasteiger partial charge is 0.371 e. The van der Waals surface area contributed by atoms with Gasteiger partial charge in [-0.05, 0) is 43.1 Å². The first kappa shape index (κ1) is 15.4. The molecule has 0 saturated carbocycles. The Kier molecular flexibility index (Phi) is 5.46. The number of halogens is 1. The van der Waals surface area contributed by atoms with E-state index in [0.29, 0.717) is 6.04 Å². The molecule has 0 radical (unpaired) electrons. The first-order valence-corrected chi connectivity index (χ1v) is 8.06. The monoisotopic (exact) mass is 308 g/mol. The fourth-order valence-electron chi connectivity index (χ4n) is 2.20. The minimum Gasteiger partial charge on any atom is -0.371 e. The van der Waals surface area contributed by atoms with E-state index in [2.05, 4.69) is 59.9 Å². The number of rotatable bonds is 6. The van der Waals surface area contributed by atoms with Crippen molar-refractivity contribution in [1.82, 2.24) is 5.32 Å². The van der Waals surface area contributed by atoms with Crippen molar-refractivity contribution < 1.29 is 0 Å². The Morgan fingerprint density at radius 2 is 2.15 bits per heavy atom. The predicted octanol–water partition coefficient (Wildman–Crippen LogP) is 4.19. The second-order valence-electron chi connectivity index (χ2n) is 5.05. The highest BCUT2D eigenvalue weighted by molar-refractivity contribution is 7.09. The van der Waals surface area contributed by atoms with Gasteiger partial charge in [-0.3, -0.25) is 0 Å². The van der Waals surface area contributed by atoms with E-state index in [4.69, 9.17) is 11.6 Å². The van der Waals surface area contributed by atoms with Gasteiger partial charge in [0, 0.05) is 41.6 Å². The van der Waals surface area contributed by atoms with Gasteiger partial charge < -0.3 is 10.2 Å². The molecule has 1 heterocycles. The van der Waals surface area contributed by atoms with E-state index >= 15 is 0 Å². The van der Waals surface area contributed by atoms with Crippen LogP contribution in [0.3, 0.4) is 0 Å². The van der Waals surface area contributed by atoms with Crippen molar-refractivity contribution in [1.29, 1.82) is 0 Å². The highest BCUT2D eigenvalue weighted by atomic mass is 35.5. The molecule has 20 heavy (non-hydrogen) atoms. The molecule has 2 nitrogen and oxygen atoms in total. The zero-order valence-corrected chi connectivity index (χ0v) is 13.8. The Hall–Kier alpha value is -1.03. The lowest BCUT2D eigenvalue weighted by Crippen LogP contribution is -2.30. The molecule has 1 aromatic heterocycles. The Morgan fingerprint density at radius 1 is 1.35 bits per heavy atom. The van der Waals surface area contributed by atoms with Gasteiger partial charge in [-0.1, -0.05) is 23.7 Å². The number of hydrogen-bond acceptors (Lipinski definition) is 3. The smallest absolute Gasteiger partial charge is 0.0471 e. The van der Waals surface area contributed by atoms with Crippen LogP contribution in [0.4, 0.5) is 5.69 Å². The third-order valence-corrected chi connectivity index (χ3v) is 4.80. The molecule has 0 fully saturated rings. The molecule has 0 saturated heterocycles. The molecule has 1 N–H and O–H groups in total. The van der Waals surface area contributed by atoms with Crippen LogP contribution in [0.5, 0.6) is 0 Å². The highest BCUT2D eigenvalue weighted by Gasteiger charge is 2.12. The van der Waals surface area contributed by atoms with Crippen LogP contribution in [-0.4, -0.2) is 20.1 Å². The Balaban J connectivity index is 2.08. The minimum atomic E-state index is 0.444. The molecule has 2 rings (SSSR count). The summed E-state index contributed by atoms with van der Waals surface area (Å²) in [4.78, 5) is 3.71. The molecule has 4 heteroatoms. The van der Waals surface area contributed by atoms with Crippen LogP contribution in [0.15, 0.2) is 35.7 Å². The van der Waals surface area contributed by atoms with Crippen molar-refractivity contribution in [2.24, 2.45) is 0 Å². The van der Waals surface area contributed by atoms with Crippen LogP contribution < -0.4 is 10.2 Å². The quantitative estimate of drug-likeness (QED) is 0.861. The molecular weight excluding hydrogens is 288 g/mol. The lowest BCUT2D eigenvalue weighted by molar-refractivity contribution is 0.688. The van der Waals surface area contributed by atoms with E-state index in [9.17, 15) is 0 Å². The fraction of sp³-hybridized carbons (Fsp3) is 0.375. The summed E-state index contributed by atoms with van der Waals surface area (Å²) >= 11 is 8.15. The van der Waals surface area contributed by atoms with Crippen molar-refractivity contribution in [3.05, 3.63) is 51.2 Å². The molecular formula is C16H21ClN2S. The first-order chi connectivity index (χ1) is 9.61. The van der Waals surface area contributed by atoms with Gasteiger partial charge in [0.25, 0.3) is 0 Å². The van der Waals surface area contributed by atoms with Gasteiger partial charge in [0.15, 0.2) is 0 Å². The SMILES string of the molecule is CNCc1ccc(N(C)C(C)Cc2cccs2)cc1Cl. The van der Waals surface area contributed by atoms with Crippen LogP contribution in [0.25, 0.3) is 0 Å². The summed E-state index contributed by atoms with van der Waals surface area (Å²) < 4.78 is 0. The maximum Gasteiger partial charge on any atom is 0.0471 e. The number of hydrogen-bond donors (Lipinski definition) is 1. The Bertz CT molecular complexity index is 539. The molecule has 0 spiro atoms. The summed E-state index contributed by atoms with van der Waals surface area (Å²) in [5, 5.41) is 6.09. The van der Waals surface area contributed by atoms with Crippen molar-refractivity contribution in [2.75, 3.05) is 19.0 Å². The first-order valence-electron chi connectivity index (χ1n) is 6.80. The Labute approximate surface area is 130 Å². The third-order valence-electron chi connectivity index (χ3n) is 3.55. The van der Waals surface area contributed by atoms with E-state index in [1.165, 1.54) is 10.6 Å². The lowest BCUT2D eigenvalue weighted by Gasteiger charge is -2.27. The molecule has 0 aliphatic carbocycles. The Morgan fingerprint density at radius 3 is 2.75 bits per heavy atom. The van der Waals surface area contributed by atoms with Gasteiger partial charge in [0.1, 0.15) is 0 Å². The van der Waals surface area contributed by atoms with Gasteiger partial charge in [0.2, 0.25) is 0 Å². The molecule has 1 unspecified atom stereocenters. The number of likely N-dealkylation sites (N-methyl/N-ethyl adjacent to an activating group) is 1. The van der Waals surface area contributed by atoms with Crippen molar-refractivity contribution in [3.63, 3.8) is 0 Å². The molecule has 2 aromatic rings. The van der Waals surface area contributed by atoms with Gasteiger partial charge in [-0.25, -0.2) is 0 Å². The zero-order chi connectivity index (χ0) is 14.5. The van der Waals surface area contributed by atoms with Gasteiger partial charge >= 0.3 is 0 Å². The summed E-state index contributed by atoms with van der Waals surface area (Å²) in [6.45, 7) is 3.04. The van der Waals surface area contributed by atoms with Crippen LogP contribution in [0, 0.1) is 0 Å². The number of thiophene rings is 1. The van der Waals surface area contributed by atoms with E-state index in [1.807, 2.05) is 18.4 Å². The van der Waals surface area contributed by atoms with Crippen LogP contribution in [0.1, 0.15) is 17.4 Å². The van der Waals surface area contributed by atoms with Crippen LogP contribution in [0.2, 0.25) is 5.02 Å². The summed E-state index contributed by atoms with van der Waals surface area (Å²) in [6.07, 6.45) is 1.06. The maximum atomic E-state index is 6.34. The van der Waals surface area contributed by atoms with Gasteiger partial charge in [-0.15, -0.1) is 11.3 Å². The van der Waals surface area contributed by atoms with Crippen molar-refractivity contribution in [3.8, 4) is 0 Å². The topological polar surface area (TPSA) is 15.3 Å². The zero-order valence-electron chi connectivity index (χ0n) is 12.2. The van der Waals surface area contributed by atoms with Gasteiger partial charge in [-0.2, -0.15) is 0 Å². The molecule has 1 aromatic carbocycles. The summed E-state index contributed by atoms with van der Waals surface area (Å²) in [5.41, 5.74) is 2.30. The summed E-state index contributed by atoms with van der Waals surface area (Å²) in [6, 6.07) is 11.0. The normalized spacial score (nSPS) is 12.4. The molecule has 0 aliphatic heterocycles. The van der Waals surface area contributed by atoms with Crippen LogP contribution >= 0.6 is 22.9 Å². The lowest BCUT2D eigenvalue weighted by atomic mass is 10.1. The minimum absolute atomic E-state index is 0.444. The third kappa shape index (κ3) is 3.75. The predicted molar refractivity (Wildman–Crippen MR) is 90.1 cm³/mol. The molecule has 0 bridgehead atoms. The van der Waals surface area contributed by atoms with Crippen LogP contribution in [-0.2, 0) is 13.0 Å². The number of benzene rings is 1. The summed E-state index contributed by atoms with van der Waals surface area (Å²) in [7, 11) is 4.06. The number of nitrogens with one attached hydrogen (secondary N) is 1. The van der Waals surface area contributed by atoms with Crippen molar-refractivity contribution >= 4 is 28.6 Å². The van der Waals surface area contributed by atoms with E-state index in [1.54, 1.807) is 0 Å². The standard InChI is InChI=1S/C16H21ClN2S/c1-12(9-15-5-4-8-20-15)19(3)14-7-6-13(11-18-2)16(17)10-14/h4-8,10,12,18H,9,11H2,1-3H3. The van der Waals surface area contributed by atoms with E-state index in [-0.39, 0.29) is 0 Å². The molecule has 0 aliphatic rings. The average Bonchev–Trinajstić information content (AvgIpc) is 2.93. The second-order valence-corrected chi connectivity index (χ2v) is 6.49. The second kappa shape index (κ2) is 7.11. The number of anilines is 1. The molecule has 0 amide bonds. The number of nitrogens with zero attached hydrogens (tertiary/aromatic N) is 1. The van der Waals surface area contributed by atoms with E-state index < -0.39 is 0 Å². The van der Waals surface area contributed by atoms with Gasteiger partial charge in [0.05, 0.1) is 0 Å². The fourth-order valence-corrected chi connectivity index (χ4v) is 3.27. The van der Waals surface area contributed by atoms with E-state index in [0.717, 1.165) is 23.6 Å². The average molecular weight is 309 g/mol. The summed E-state index contributed by atoms with van der Waals surface area (Å²) in [5.74, 6) is 0. The van der Waals surface area contributed by atoms with Crippen molar-refractivity contribution in [2.45, 2.75) is 25.9 Å². The molecule has 108 valence electrons. The maximum absolute atomic E-state index is 6.34. The molecule has 1 atom stereocenters. The highest BCUT2D eigenvalue weighted by Crippen LogP contribution is 2.25.